The second kappa shape index (κ2) is 15.3. The summed E-state index contributed by atoms with van der Waals surface area (Å²) in [6.07, 6.45) is 2.79. The normalized spacial score (nSPS) is 12.8. The number of aromatic nitrogens is 6. The number of anilines is 1. The highest BCUT2D eigenvalue weighted by Crippen LogP contribution is 2.32. The molecule has 0 bridgehead atoms. The van der Waals surface area contributed by atoms with E-state index in [0.29, 0.717) is 101 Å². The zero-order valence-electron chi connectivity index (χ0n) is 29.0. The van der Waals surface area contributed by atoms with Crippen molar-refractivity contribution in [2.24, 2.45) is 0 Å². The summed E-state index contributed by atoms with van der Waals surface area (Å²) in [5, 5.41) is 15.9. The van der Waals surface area contributed by atoms with E-state index in [1.807, 2.05) is 11.0 Å². The average molecular weight is 713 g/mol. The minimum atomic E-state index is -0.500. The fourth-order valence-corrected chi connectivity index (χ4v) is 6.38. The van der Waals surface area contributed by atoms with Crippen LogP contribution in [0.3, 0.4) is 0 Å². The Balaban J connectivity index is 1.28. The summed E-state index contributed by atoms with van der Waals surface area (Å²) in [7, 11) is 1.31. The number of fused-ring (bicyclic) bond motifs is 2. The summed E-state index contributed by atoms with van der Waals surface area (Å²) in [5.41, 5.74) is 9.44. The van der Waals surface area contributed by atoms with Gasteiger partial charge in [-0.15, -0.1) is 0 Å². The smallest absolute Gasteiger partial charge is 0.337 e. The van der Waals surface area contributed by atoms with Crippen LogP contribution in [0.25, 0.3) is 33.2 Å². The molecule has 1 saturated heterocycles. The van der Waals surface area contributed by atoms with Crippen LogP contribution in [0.1, 0.15) is 46.6 Å². The lowest BCUT2D eigenvalue weighted by Crippen LogP contribution is -2.40. The van der Waals surface area contributed by atoms with Crippen LogP contribution in [-0.2, 0) is 27.4 Å². The maximum absolute atomic E-state index is 14.6. The molecule has 3 N–H and O–H groups in total. The van der Waals surface area contributed by atoms with Crippen molar-refractivity contribution in [2.75, 3.05) is 39.1 Å². The number of nitrogen functional groups attached to an aromatic ring is 1. The first-order chi connectivity index (χ1) is 25.8. The number of hydrogen-bond donors (Lipinski definition) is 2. The number of esters is 1. The van der Waals surface area contributed by atoms with E-state index in [-0.39, 0.29) is 36.1 Å². The number of nitrogens with zero attached hydrogens (tertiary/aromatic N) is 7. The van der Waals surface area contributed by atoms with Crippen LogP contribution < -0.4 is 11.3 Å². The van der Waals surface area contributed by atoms with Crippen LogP contribution in [0.4, 0.5) is 5.82 Å². The van der Waals surface area contributed by atoms with Gasteiger partial charge in [0.25, 0.3) is 5.56 Å². The molecule has 0 saturated carbocycles. The molecule has 0 radical (unpaired) electrons. The van der Waals surface area contributed by atoms with Gasteiger partial charge in [0.15, 0.2) is 5.65 Å². The molecule has 3 aromatic carbocycles. The number of morpholine rings is 1. The zero-order valence-corrected chi connectivity index (χ0v) is 29.0. The minimum absolute atomic E-state index is 0.0146. The molecule has 1 amide bonds. The number of phenolic OH excluding ortho intramolecular Hbond substituents is 1. The van der Waals surface area contributed by atoms with Gasteiger partial charge in [0, 0.05) is 37.1 Å². The Hall–Kier alpha value is -6.59. The van der Waals surface area contributed by atoms with E-state index in [2.05, 4.69) is 21.8 Å². The number of carbonyl (C=O) groups is 2. The Morgan fingerprint density at radius 2 is 1.81 bits per heavy atom. The van der Waals surface area contributed by atoms with Gasteiger partial charge in [-0.25, -0.2) is 24.4 Å². The van der Waals surface area contributed by atoms with Gasteiger partial charge in [-0.05, 0) is 48.4 Å². The fraction of sp³-hybridized carbons (Fsp3) is 0.256. The predicted molar refractivity (Wildman–Crippen MR) is 197 cm³/mol. The quantitative estimate of drug-likeness (QED) is 0.127. The standard InChI is InChI=1S/C39H36N8O6/c1-52-39(51)28-12-5-8-25(20-28)22-46-31(23-47-37-34(36(40)41-24-42-37)35(44-47)27-11-6-13-29(48)21-27)43-30-14-7-10-26(33(30)38(46)50)9-3-2-4-15-32(49)45-16-18-53-19-17-45/h5-8,10-14,20-21,24,48H,2,4,15-19,22-23H2,1H3,(H2,40,41,42). The second-order valence-electron chi connectivity index (χ2n) is 12.5. The molecule has 7 rings (SSSR count). The molecule has 1 fully saturated rings. The van der Waals surface area contributed by atoms with Crippen molar-refractivity contribution < 1.29 is 24.2 Å². The van der Waals surface area contributed by atoms with Gasteiger partial charge in [-0.2, -0.15) is 5.10 Å². The van der Waals surface area contributed by atoms with Crippen molar-refractivity contribution in [3.05, 3.63) is 106 Å². The number of aromatic hydroxyl groups is 1. The number of rotatable bonds is 9. The Morgan fingerprint density at radius 1 is 1.00 bits per heavy atom. The van der Waals surface area contributed by atoms with E-state index in [9.17, 15) is 19.5 Å². The molecule has 0 unspecified atom stereocenters. The van der Waals surface area contributed by atoms with Crippen molar-refractivity contribution >= 4 is 39.6 Å². The monoisotopic (exact) mass is 712 g/mol. The van der Waals surface area contributed by atoms with Crippen LogP contribution in [0.5, 0.6) is 5.75 Å². The lowest BCUT2D eigenvalue weighted by atomic mass is 10.1. The van der Waals surface area contributed by atoms with Gasteiger partial charge < -0.3 is 25.2 Å². The van der Waals surface area contributed by atoms with Gasteiger partial charge in [0.2, 0.25) is 5.91 Å². The van der Waals surface area contributed by atoms with E-state index in [1.165, 1.54) is 18.0 Å². The first-order valence-corrected chi connectivity index (χ1v) is 17.1. The Morgan fingerprint density at radius 3 is 2.62 bits per heavy atom. The molecule has 0 atom stereocenters. The number of carbonyl (C=O) groups excluding carboxylic acids is 2. The maximum atomic E-state index is 14.6. The molecule has 3 aromatic heterocycles. The van der Waals surface area contributed by atoms with Crippen molar-refractivity contribution in [3.63, 3.8) is 0 Å². The number of ether oxygens (including phenoxy) is 2. The molecular formula is C39H36N8O6. The highest BCUT2D eigenvalue weighted by molar-refractivity contribution is 5.98. The summed E-state index contributed by atoms with van der Waals surface area (Å²) >= 11 is 0. The lowest BCUT2D eigenvalue weighted by Gasteiger charge is -2.26. The molecule has 14 heteroatoms. The van der Waals surface area contributed by atoms with Crippen LogP contribution in [0, 0.1) is 11.8 Å². The first-order valence-electron chi connectivity index (χ1n) is 17.1. The molecule has 4 heterocycles. The maximum Gasteiger partial charge on any atom is 0.337 e. The van der Waals surface area contributed by atoms with Crippen molar-refractivity contribution in [1.29, 1.82) is 0 Å². The van der Waals surface area contributed by atoms with Crippen molar-refractivity contribution in [2.45, 2.75) is 32.4 Å². The highest BCUT2D eigenvalue weighted by Gasteiger charge is 2.21. The minimum Gasteiger partial charge on any atom is -0.508 e. The zero-order chi connectivity index (χ0) is 36.9. The molecule has 0 spiro atoms. The summed E-state index contributed by atoms with van der Waals surface area (Å²) in [6.45, 7) is 2.40. The van der Waals surface area contributed by atoms with E-state index in [0.717, 1.165) is 0 Å². The van der Waals surface area contributed by atoms with Crippen LogP contribution in [-0.4, -0.2) is 84.6 Å². The summed E-state index contributed by atoms with van der Waals surface area (Å²) in [6, 6.07) is 18.8. The van der Waals surface area contributed by atoms with Gasteiger partial charge in [-0.3, -0.25) is 14.2 Å². The van der Waals surface area contributed by atoms with Crippen LogP contribution in [0.15, 0.2) is 77.9 Å². The van der Waals surface area contributed by atoms with E-state index in [1.54, 1.807) is 65.3 Å². The summed E-state index contributed by atoms with van der Waals surface area (Å²) in [5.74, 6) is 6.51. The van der Waals surface area contributed by atoms with E-state index in [4.69, 9.17) is 25.3 Å². The van der Waals surface area contributed by atoms with Crippen molar-refractivity contribution in [3.8, 4) is 28.8 Å². The third-order valence-electron chi connectivity index (χ3n) is 9.00. The number of unbranched alkanes of at least 4 members (excludes halogenated alkanes) is 1. The number of amides is 1. The van der Waals surface area contributed by atoms with Gasteiger partial charge in [0.1, 0.15) is 36.0 Å². The van der Waals surface area contributed by atoms with E-state index >= 15 is 0 Å². The highest BCUT2D eigenvalue weighted by atomic mass is 16.5. The van der Waals surface area contributed by atoms with Crippen LogP contribution >= 0.6 is 0 Å². The lowest BCUT2D eigenvalue weighted by molar-refractivity contribution is -0.135. The number of nitrogens with two attached hydrogens (primary N) is 1. The third kappa shape index (κ3) is 7.42. The molecular weight excluding hydrogens is 676 g/mol. The summed E-state index contributed by atoms with van der Waals surface area (Å²) in [4.78, 5) is 55.0. The molecule has 268 valence electrons. The largest absolute Gasteiger partial charge is 0.508 e. The predicted octanol–water partition coefficient (Wildman–Crippen LogP) is 3.75. The number of phenols is 1. The number of benzene rings is 3. The van der Waals surface area contributed by atoms with E-state index < -0.39 is 5.97 Å². The topological polar surface area (TPSA) is 181 Å². The average Bonchev–Trinajstić information content (AvgIpc) is 3.55. The molecule has 6 aromatic rings. The second-order valence-corrected chi connectivity index (χ2v) is 12.5. The Labute approximate surface area is 303 Å². The molecule has 1 aliphatic heterocycles. The molecule has 14 nitrogen and oxygen atoms in total. The number of methoxy groups -OCH3 is 1. The molecule has 0 aliphatic carbocycles. The fourth-order valence-electron chi connectivity index (χ4n) is 6.38. The number of hydrogen-bond acceptors (Lipinski definition) is 11. The van der Waals surface area contributed by atoms with Gasteiger partial charge >= 0.3 is 5.97 Å². The van der Waals surface area contributed by atoms with Gasteiger partial charge in [0.05, 0.1) is 48.7 Å². The first kappa shape index (κ1) is 34.8. The van der Waals surface area contributed by atoms with Crippen LogP contribution in [0.2, 0.25) is 0 Å². The SMILES string of the molecule is COC(=O)c1cccc(Cn2c(Cn3nc(-c4cccc(O)c4)c4c(N)ncnc43)nc3cccc(C#CCCCC(=O)N4CCOCC4)c3c2=O)c1. The molecule has 53 heavy (non-hydrogen) atoms. The molecule has 1 aliphatic rings. The van der Waals surface area contributed by atoms with Gasteiger partial charge in [-0.1, -0.05) is 42.2 Å². The van der Waals surface area contributed by atoms with Crippen molar-refractivity contribution in [1.82, 2.24) is 34.2 Å². The Bertz CT molecular complexity index is 2470. The summed E-state index contributed by atoms with van der Waals surface area (Å²) < 4.78 is 13.4. The third-order valence-corrected chi connectivity index (χ3v) is 9.00. The Kier molecular flexibility index (Phi) is 10.1.